The van der Waals surface area contributed by atoms with E-state index in [0.29, 0.717) is 16.1 Å². The molecule has 4 nitrogen and oxygen atoms in total. The Labute approximate surface area is 130 Å². The van der Waals surface area contributed by atoms with Gasteiger partial charge in [0.2, 0.25) is 10.0 Å². The molecule has 0 spiro atoms. The van der Waals surface area contributed by atoms with Crippen molar-refractivity contribution in [2.45, 2.75) is 38.6 Å². The number of rotatable bonds is 5. The van der Waals surface area contributed by atoms with Crippen LogP contribution in [0.1, 0.15) is 25.0 Å². The lowest BCUT2D eigenvalue weighted by atomic mass is 10.1. The number of benzene rings is 1. The van der Waals surface area contributed by atoms with Crippen molar-refractivity contribution >= 4 is 33.2 Å². The van der Waals surface area contributed by atoms with Crippen LogP contribution in [0.5, 0.6) is 0 Å². The molecule has 0 aliphatic carbocycles. The molecule has 20 heavy (non-hydrogen) atoms. The van der Waals surface area contributed by atoms with E-state index in [1.54, 1.807) is 33.8 Å². The summed E-state index contributed by atoms with van der Waals surface area (Å²) in [6, 6.07) is 1.22. The quantitative estimate of drug-likeness (QED) is 0.866. The molecule has 0 aromatic heterocycles. The van der Waals surface area contributed by atoms with Crippen molar-refractivity contribution in [3.63, 3.8) is 0 Å². The molecule has 2 N–H and O–H groups in total. The summed E-state index contributed by atoms with van der Waals surface area (Å²) in [7, 11) is -3.80. The Balaban J connectivity index is 3.30. The molecular weight excluding hydrogens is 321 g/mol. The minimum absolute atomic E-state index is 0.00107. The van der Waals surface area contributed by atoms with Crippen LogP contribution in [-0.4, -0.2) is 26.2 Å². The summed E-state index contributed by atoms with van der Waals surface area (Å²) in [5, 5.41) is 9.61. The molecule has 7 heteroatoms. The Kier molecular flexibility index (Phi) is 5.87. The van der Waals surface area contributed by atoms with Gasteiger partial charge in [-0.2, -0.15) is 0 Å². The molecule has 0 amide bonds. The van der Waals surface area contributed by atoms with Gasteiger partial charge in [0, 0.05) is 17.7 Å². The number of aliphatic hydroxyl groups excluding tert-OH is 1. The Morgan fingerprint density at radius 2 is 1.85 bits per heavy atom. The number of halogens is 2. The zero-order valence-electron chi connectivity index (χ0n) is 11.9. The maximum absolute atomic E-state index is 12.5. The SMILES string of the molecule is Cc1cc(Cl)c(C)c(S(=O)(=O)NC(C)C(C)CO)c1Cl. The number of hydrogen-bond acceptors (Lipinski definition) is 3. The van der Waals surface area contributed by atoms with E-state index in [0.717, 1.165) is 0 Å². The van der Waals surface area contributed by atoms with Crippen LogP contribution >= 0.6 is 23.2 Å². The Morgan fingerprint density at radius 1 is 1.30 bits per heavy atom. The summed E-state index contributed by atoms with van der Waals surface area (Å²) >= 11 is 12.2. The summed E-state index contributed by atoms with van der Waals surface area (Å²) in [5.74, 6) is -0.205. The second kappa shape index (κ2) is 6.62. The molecule has 1 aromatic carbocycles. The standard InChI is InChI=1S/C13H19Cl2NO3S/c1-7-5-11(14)9(3)13(12(7)15)20(18,19)16-10(4)8(2)6-17/h5,8,10,16-17H,6H2,1-4H3. The first kappa shape index (κ1) is 17.7. The van der Waals surface area contributed by atoms with Crippen molar-refractivity contribution in [1.29, 1.82) is 0 Å². The van der Waals surface area contributed by atoms with Crippen molar-refractivity contribution in [2.75, 3.05) is 6.61 Å². The lowest BCUT2D eigenvalue weighted by Gasteiger charge is -2.21. The molecule has 0 fully saturated rings. The monoisotopic (exact) mass is 339 g/mol. The highest BCUT2D eigenvalue weighted by molar-refractivity contribution is 7.89. The average molecular weight is 340 g/mol. The van der Waals surface area contributed by atoms with Gasteiger partial charge in [-0.15, -0.1) is 0 Å². The Morgan fingerprint density at radius 3 is 2.35 bits per heavy atom. The summed E-state index contributed by atoms with van der Waals surface area (Å²) in [5.41, 5.74) is 1.02. The maximum atomic E-state index is 12.5. The molecule has 0 aliphatic heterocycles. The molecule has 0 aliphatic rings. The zero-order valence-corrected chi connectivity index (χ0v) is 14.2. The molecule has 2 unspecified atom stereocenters. The van der Waals surface area contributed by atoms with Gasteiger partial charge in [-0.3, -0.25) is 0 Å². The fourth-order valence-electron chi connectivity index (χ4n) is 1.71. The zero-order chi connectivity index (χ0) is 15.7. The molecule has 1 rings (SSSR count). The van der Waals surface area contributed by atoms with Crippen molar-refractivity contribution in [3.05, 3.63) is 27.2 Å². The summed E-state index contributed by atoms with van der Waals surface area (Å²) in [6.45, 7) is 6.66. The summed E-state index contributed by atoms with van der Waals surface area (Å²) < 4.78 is 27.5. The molecular formula is C13H19Cl2NO3S. The number of nitrogens with one attached hydrogen (secondary N) is 1. The largest absolute Gasteiger partial charge is 0.396 e. The topological polar surface area (TPSA) is 66.4 Å². The first-order valence-electron chi connectivity index (χ1n) is 6.20. The van der Waals surface area contributed by atoms with E-state index in [9.17, 15) is 8.42 Å². The smallest absolute Gasteiger partial charge is 0.242 e. The normalized spacial score (nSPS) is 15.2. The van der Waals surface area contributed by atoms with E-state index in [-0.39, 0.29) is 22.4 Å². The van der Waals surface area contributed by atoms with Crippen molar-refractivity contribution in [1.82, 2.24) is 4.72 Å². The molecule has 0 saturated carbocycles. The van der Waals surface area contributed by atoms with Gasteiger partial charge in [0.1, 0.15) is 4.90 Å². The molecule has 0 saturated heterocycles. The molecule has 1 aromatic rings. The van der Waals surface area contributed by atoms with E-state index in [4.69, 9.17) is 28.3 Å². The third-order valence-electron chi connectivity index (χ3n) is 3.34. The van der Waals surface area contributed by atoms with Gasteiger partial charge < -0.3 is 5.11 Å². The van der Waals surface area contributed by atoms with E-state index in [1.165, 1.54) is 0 Å². The molecule has 0 radical (unpaired) electrons. The van der Waals surface area contributed by atoms with Crippen LogP contribution in [-0.2, 0) is 10.0 Å². The minimum Gasteiger partial charge on any atom is -0.396 e. The predicted molar refractivity (Wildman–Crippen MR) is 82.0 cm³/mol. The van der Waals surface area contributed by atoms with Crippen LogP contribution in [0.15, 0.2) is 11.0 Å². The minimum atomic E-state index is -3.80. The van der Waals surface area contributed by atoms with Crippen LogP contribution in [0.2, 0.25) is 10.0 Å². The number of hydrogen-bond donors (Lipinski definition) is 2. The van der Waals surface area contributed by atoms with Crippen LogP contribution in [0.25, 0.3) is 0 Å². The predicted octanol–water partition coefficient (Wildman–Crippen LogP) is 2.91. The molecule has 0 bridgehead atoms. The first-order valence-corrected chi connectivity index (χ1v) is 8.44. The molecule has 0 heterocycles. The Bertz CT molecular complexity index is 576. The number of sulfonamides is 1. The second-order valence-electron chi connectivity index (χ2n) is 5.01. The van der Waals surface area contributed by atoms with Gasteiger partial charge >= 0.3 is 0 Å². The maximum Gasteiger partial charge on any atom is 0.242 e. The van der Waals surface area contributed by atoms with Crippen molar-refractivity contribution in [3.8, 4) is 0 Å². The summed E-state index contributed by atoms with van der Waals surface area (Å²) in [4.78, 5) is 0.00107. The van der Waals surface area contributed by atoms with Crippen LogP contribution in [0.3, 0.4) is 0 Å². The highest BCUT2D eigenvalue weighted by Crippen LogP contribution is 2.33. The molecule has 2 atom stereocenters. The lowest BCUT2D eigenvalue weighted by Crippen LogP contribution is -2.38. The fourth-order valence-corrected chi connectivity index (χ4v) is 4.28. The van der Waals surface area contributed by atoms with E-state index >= 15 is 0 Å². The van der Waals surface area contributed by atoms with Gasteiger partial charge in [-0.1, -0.05) is 30.1 Å². The number of aryl methyl sites for hydroxylation is 1. The van der Waals surface area contributed by atoms with Crippen LogP contribution in [0, 0.1) is 19.8 Å². The summed E-state index contributed by atoms with van der Waals surface area (Å²) in [6.07, 6.45) is 0. The van der Waals surface area contributed by atoms with Crippen molar-refractivity contribution in [2.24, 2.45) is 5.92 Å². The fraction of sp³-hybridized carbons (Fsp3) is 0.538. The van der Waals surface area contributed by atoms with E-state index < -0.39 is 16.1 Å². The van der Waals surface area contributed by atoms with Gasteiger partial charge in [-0.25, -0.2) is 13.1 Å². The Hall–Kier alpha value is -0.330. The van der Waals surface area contributed by atoms with Gasteiger partial charge in [-0.05, 0) is 43.9 Å². The highest BCUT2D eigenvalue weighted by Gasteiger charge is 2.26. The van der Waals surface area contributed by atoms with E-state index in [1.807, 2.05) is 0 Å². The van der Waals surface area contributed by atoms with Crippen molar-refractivity contribution < 1.29 is 13.5 Å². The van der Waals surface area contributed by atoms with E-state index in [2.05, 4.69) is 4.72 Å². The first-order chi connectivity index (χ1) is 9.11. The third kappa shape index (κ3) is 3.65. The highest BCUT2D eigenvalue weighted by atomic mass is 35.5. The second-order valence-corrected chi connectivity index (χ2v) is 7.45. The third-order valence-corrected chi connectivity index (χ3v) is 6.06. The van der Waals surface area contributed by atoms with Gasteiger partial charge in [0.15, 0.2) is 0 Å². The van der Waals surface area contributed by atoms with Gasteiger partial charge in [0.05, 0.1) is 5.02 Å². The average Bonchev–Trinajstić information content (AvgIpc) is 2.34. The molecule has 114 valence electrons. The van der Waals surface area contributed by atoms with Gasteiger partial charge in [0.25, 0.3) is 0 Å². The lowest BCUT2D eigenvalue weighted by molar-refractivity contribution is 0.216. The van der Waals surface area contributed by atoms with Crippen LogP contribution in [0.4, 0.5) is 0 Å². The van der Waals surface area contributed by atoms with Crippen LogP contribution < -0.4 is 4.72 Å². The number of aliphatic hydroxyl groups is 1.